The molecule has 10 heteroatoms. The molecule has 2 atom stereocenters. The fourth-order valence-corrected chi connectivity index (χ4v) is 5.35. The molecule has 0 fully saturated rings. The third-order valence-electron chi connectivity index (χ3n) is 7.44. The third-order valence-corrected chi connectivity index (χ3v) is 7.44. The Kier molecular flexibility index (Phi) is 11.2. The summed E-state index contributed by atoms with van der Waals surface area (Å²) in [7, 11) is 0. The molecule has 1 aliphatic rings. The molecular weight excluding hydrogens is 574 g/mol. The van der Waals surface area contributed by atoms with Gasteiger partial charge in [-0.3, -0.25) is 4.79 Å². The van der Waals surface area contributed by atoms with Crippen molar-refractivity contribution in [2.24, 2.45) is 0 Å². The van der Waals surface area contributed by atoms with Gasteiger partial charge >= 0.3 is 18.2 Å². The van der Waals surface area contributed by atoms with Gasteiger partial charge in [0, 0.05) is 18.9 Å². The number of rotatable bonds is 13. The summed E-state index contributed by atoms with van der Waals surface area (Å²) in [4.78, 5) is 50.4. The smallest absolute Gasteiger partial charge is 0.407 e. The highest BCUT2D eigenvalue weighted by Gasteiger charge is 2.31. The normalized spacial score (nSPS) is 13.5. The highest BCUT2D eigenvalue weighted by Crippen LogP contribution is 2.44. The van der Waals surface area contributed by atoms with Gasteiger partial charge in [-0.1, -0.05) is 78.9 Å². The third kappa shape index (κ3) is 9.56. The molecular formula is C35H41N3O7. The standard InChI is InChI=1S/C35H41N3O7/c1-35(2,3)45-33(42)36-20-12-11-19-29(31(39)37-30(32(40)41)21-23-13-5-4-6-14-23)38-34(43)44-22-28-26-17-9-7-15-24(26)25-16-8-10-18-27(25)28/h4-10,13-18,28-30H,11-12,19-22H2,1-3H3,(H,36,42)(H,37,39)(H,38,43)(H,40,41)/t29-,30-/m0/s1. The molecule has 0 aliphatic heterocycles. The Balaban J connectivity index is 1.38. The van der Waals surface area contributed by atoms with Crippen molar-refractivity contribution in [1.82, 2.24) is 16.0 Å². The second-order valence-corrected chi connectivity index (χ2v) is 12.0. The van der Waals surface area contributed by atoms with Crippen molar-refractivity contribution < 1.29 is 33.8 Å². The van der Waals surface area contributed by atoms with E-state index < -0.39 is 41.7 Å². The van der Waals surface area contributed by atoms with E-state index in [-0.39, 0.29) is 25.4 Å². The molecule has 0 spiro atoms. The van der Waals surface area contributed by atoms with Gasteiger partial charge in [0.15, 0.2) is 0 Å². The average Bonchev–Trinajstić information content (AvgIpc) is 3.32. The maximum atomic E-state index is 13.4. The number of ether oxygens (including phenoxy) is 2. The first-order valence-electron chi connectivity index (χ1n) is 15.2. The summed E-state index contributed by atoms with van der Waals surface area (Å²) in [6.45, 7) is 5.69. The number of hydrogen-bond acceptors (Lipinski definition) is 6. The molecule has 0 saturated carbocycles. The molecule has 4 N–H and O–H groups in total. The number of alkyl carbamates (subject to hydrolysis) is 2. The number of carbonyl (C=O) groups is 4. The first kappa shape index (κ1) is 33.0. The zero-order valence-corrected chi connectivity index (χ0v) is 25.9. The van der Waals surface area contributed by atoms with Gasteiger partial charge in [-0.25, -0.2) is 14.4 Å². The molecule has 3 aromatic rings. The highest BCUT2D eigenvalue weighted by molar-refractivity contribution is 5.89. The van der Waals surface area contributed by atoms with Crippen LogP contribution in [-0.4, -0.2) is 60.0 Å². The van der Waals surface area contributed by atoms with Crippen LogP contribution in [0.3, 0.4) is 0 Å². The lowest BCUT2D eigenvalue weighted by molar-refractivity contribution is -0.142. The van der Waals surface area contributed by atoms with E-state index in [0.717, 1.165) is 27.8 Å². The number of unbranched alkanes of at least 4 members (excludes halogenated alkanes) is 1. The quantitative estimate of drug-likeness (QED) is 0.189. The van der Waals surface area contributed by atoms with Crippen LogP contribution in [0, 0.1) is 0 Å². The molecule has 45 heavy (non-hydrogen) atoms. The van der Waals surface area contributed by atoms with Crippen molar-refractivity contribution in [2.75, 3.05) is 13.2 Å². The molecule has 0 unspecified atom stereocenters. The van der Waals surface area contributed by atoms with Gasteiger partial charge < -0.3 is 30.5 Å². The summed E-state index contributed by atoms with van der Waals surface area (Å²) in [5.74, 6) is -1.97. The fraction of sp³-hybridized carbons (Fsp3) is 0.371. The van der Waals surface area contributed by atoms with E-state index in [1.54, 1.807) is 45.0 Å². The van der Waals surface area contributed by atoms with Crippen LogP contribution in [0.2, 0.25) is 0 Å². The monoisotopic (exact) mass is 615 g/mol. The summed E-state index contributed by atoms with van der Waals surface area (Å²) in [6.07, 6.45) is -0.0867. The van der Waals surface area contributed by atoms with E-state index in [0.29, 0.717) is 19.4 Å². The van der Waals surface area contributed by atoms with Crippen LogP contribution >= 0.6 is 0 Å². The molecule has 10 nitrogen and oxygen atoms in total. The molecule has 0 saturated heterocycles. The van der Waals surface area contributed by atoms with Gasteiger partial charge in [0.25, 0.3) is 0 Å². The van der Waals surface area contributed by atoms with Crippen molar-refractivity contribution in [3.8, 4) is 11.1 Å². The number of carboxylic acids is 1. The zero-order chi connectivity index (χ0) is 32.4. The zero-order valence-electron chi connectivity index (χ0n) is 25.9. The lowest BCUT2D eigenvalue weighted by atomic mass is 9.98. The summed E-state index contributed by atoms with van der Waals surface area (Å²) >= 11 is 0. The average molecular weight is 616 g/mol. The Bertz CT molecular complexity index is 1440. The van der Waals surface area contributed by atoms with Crippen molar-refractivity contribution in [3.05, 3.63) is 95.6 Å². The molecule has 3 amide bonds. The topological polar surface area (TPSA) is 143 Å². The Labute approximate surface area is 263 Å². The van der Waals surface area contributed by atoms with E-state index >= 15 is 0 Å². The van der Waals surface area contributed by atoms with Crippen LogP contribution in [0.25, 0.3) is 11.1 Å². The minimum atomic E-state index is -1.19. The number of carbonyl (C=O) groups excluding carboxylic acids is 3. The first-order valence-corrected chi connectivity index (χ1v) is 15.2. The number of aliphatic carboxylic acids is 1. The minimum absolute atomic E-state index is 0.0692. The Morgan fingerprint density at radius 2 is 1.38 bits per heavy atom. The summed E-state index contributed by atoms with van der Waals surface area (Å²) in [5.41, 5.74) is 4.43. The first-order chi connectivity index (χ1) is 21.5. The molecule has 238 valence electrons. The van der Waals surface area contributed by atoms with Crippen LogP contribution in [0.5, 0.6) is 0 Å². The number of nitrogens with one attached hydrogen (secondary N) is 3. The van der Waals surface area contributed by atoms with Gasteiger partial charge in [0.05, 0.1) is 0 Å². The van der Waals surface area contributed by atoms with Gasteiger partial charge in [-0.15, -0.1) is 0 Å². The molecule has 0 heterocycles. The fourth-order valence-electron chi connectivity index (χ4n) is 5.35. The van der Waals surface area contributed by atoms with Crippen molar-refractivity contribution in [1.29, 1.82) is 0 Å². The summed E-state index contributed by atoms with van der Waals surface area (Å²) in [5, 5.41) is 17.7. The van der Waals surface area contributed by atoms with Crippen LogP contribution in [0.4, 0.5) is 9.59 Å². The maximum Gasteiger partial charge on any atom is 0.407 e. The van der Waals surface area contributed by atoms with Gasteiger partial charge in [-0.05, 0) is 67.9 Å². The predicted molar refractivity (Wildman–Crippen MR) is 170 cm³/mol. The van der Waals surface area contributed by atoms with E-state index in [1.807, 2.05) is 54.6 Å². The Morgan fingerprint density at radius 3 is 1.98 bits per heavy atom. The Morgan fingerprint density at radius 1 is 0.778 bits per heavy atom. The van der Waals surface area contributed by atoms with Crippen molar-refractivity contribution in [3.63, 3.8) is 0 Å². The molecule has 0 aromatic heterocycles. The maximum absolute atomic E-state index is 13.4. The van der Waals surface area contributed by atoms with Crippen molar-refractivity contribution >= 4 is 24.1 Å². The number of amides is 3. The summed E-state index contributed by atoms with van der Waals surface area (Å²) < 4.78 is 10.9. The lowest BCUT2D eigenvalue weighted by Gasteiger charge is -2.22. The minimum Gasteiger partial charge on any atom is -0.480 e. The predicted octanol–water partition coefficient (Wildman–Crippen LogP) is 5.40. The van der Waals surface area contributed by atoms with Gasteiger partial charge in [0.1, 0.15) is 24.3 Å². The number of fused-ring (bicyclic) bond motifs is 3. The SMILES string of the molecule is CC(C)(C)OC(=O)NCCCC[C@H](NC(=O)OCC1c2ccccc2-c2ccccc21)C(=O)N[C@@H](Cc1ccccc1)C(=O)O. The summed E-state index contributed by atoms with van der Waals surface area (Å²) in [6, 6.07) is 22.7. The van der Waals surface area contributed by atoms with Crippen LogP contribution < -0.4 is 16.0 Å². The van der Waals surface area contributed by atoms with Crippen LogP contribution in [-0.2, 0) is 25.5 Å². The second-order valence-electron chi connectivity index (χ2n) is 12.0. The van der Waals surface area contributed by atoms with Crippen molar-refractivity contribution in [2.45, 2.75) is 70.1 Å². The molecule has 0 bridgehead atoms. The Hall–Kier alpha value is -4.86. The molecule has 0 radical (unpaired) electrons. The van der Waals surface area contributed by atoms with E-state index in [1.165, 1.54) is 0 Å². The van der Waals surface area contributed by atoms with Gasteiger partial charge in [0.2, 0.25) is 5.91 Å². The van der Waals surface area contributed by atoms with Crippen LogP contribution in [0.15, 0.2) is 78.9 Å². The number of hydrogen-bond donors (Lipinski definition) is 4. The van der Waals surface area contributed by atoms with Gasteiger partial charge in [-0.2, -0.15) is 0 Å². The largest absolute Gasteiger partial charge is 0.480 e. The molecule has 3 aromatic carbocycles. The highest BCUT2D eigenvalue weighted by atomic mass is 16.6. The van der Waals surface area contributed by atoms with E-state index in [4.69, 9.17) is 9.47 Å². The lowest BCUT2D eigenvalue weighted by Crippen LogP contribution is -2.52. The van der Waals surface area contributed by atoms with E-state index in [9.17, 15) is 24.3 Å². The molecule has 1 aliphatic carbocycles. The van der Waals surface area contributed by atoms with E-state index in [2.05, 4.69) is 16.0 Å². The van der Waals surface area contributed by atoms with Crippen LogP contribution in [0.1, 0.15) is 62.6 Å². The second kappa shape index (κ2) is 15.2. The number of carboxylic acid groups (broad SMARTS) is 1. The molecule has 4 rings (SSSR count). The number of benzene rings is 3.